The Balaban J connectivity index is 2.10. The average Bonchev–Trinajstić information content (AvgIpc) is 2.80. The summed E-state index contributed by atoms with van der Waals surface area (Å²) >= 11 is 1.49. The fraction of sp³-hybridized carbons (Fsp3) is 0. The molecular formula is C12H11NO2S2. The van der Waals surface area contributed by atoms with Crippen LogP contribution in [0.4, 0.5) is 5.69 Å². The Hall–Kier alpha value is -1.59. The van der Waals surface area contributed by atoms with Crippen LogP contribution in [0, 0.1) is 0 Å². The summed E-state index contributed by atoms with van der Waals surface area (Å²) in [5, 5.41) is 3.07. The molecule has 1 N–H and O–H groups in total. The van der Waals surface area contributed by atoms with Gasteiger partial charge in [0.25, 0.3) is 10.0 Å². The first-order chi connectivity index (χ1) is 8.16. The van der Waals surface area contributed by atoms with Crippen LogP contribution in [0.3, 0.4) is 0 Å². The maximum Gasteiger partial charge on any atom is 0.255 e. The molecule has 0 saturated heterocycles. The predicted molar refractivity (Wildman–Crippen MR) is 72.3 cm³/mol. The van der Waals surface area contributed by atoms with Crippen LogP contribution in [0.25, 0.3) is 6.08 Å². The molecule has 1 aromatic carbocycles. The lowest BCUT2D eigenvalue weighted by molar-refractivity contribution is 0.609. The predicted octanol–water partition coefficient (Wildman–Crippen LogP) is 3.16. The van der Waals surface area contributed by atoms with Gasteiger partial charge in [0.1, 0.15) is 0 Å². The molecule has 2 rings (SSSR count). The van der Waals surface area contributed by atoms with E-state index in [0.717, 1.165) is 4.88 Å². The lowest BCUT2D eigenvalue weighted by atomic mass is 10.3. The van der Waals surface area contributed by atoms with Gasteiger partial charge in [0.15, 0.2) is 0 Å². The van der Waals surface area contributed by atoms with E-state index in [-0.39, 0.29) is 0 Å². The number of benzene rings is 1. The second-order valence-electron chi connectivity index (χ2n) is 3.33. The van der Waals surface area contributed by atoms with E-state index in [0.29, 0.717) is 5.69 Å². The summed E-state index contributed by atoms with van der Waals surface area (Å²) in [5.74, 6) is 0. The van der Waals surface area contributed by atoms with Gasteiger partial charge in [-0.25, -0.2) is 8.42 Å². The minimum atomic E-state index is -3.43. The Bertz CT molecular complexity index is 587. The molecular weight excluding hydrogens is 254 g/mol. The third kappa shape index (κ3) is 3.72. The summed E-state index contributed by atoms with van der Waals surface area (Å²) in [6, 6.07) is 12.5. The van der Waals surface area contributed by atoms with Gasteiger partial charge in [-0.15, -0.1) is 11.3 Å². The number of hydrogen-bond acceptors (Lipinski definition) is 3. The monoisotopic (exact) mass is 265 g/mol. The van der Waals surface area contributed by atoms with Crippen LogP contribution in [0.5, 0.6) is 0 Å². The van der Waals surface area contributed by atoms with Gasteiger partial charge in [0.05, 0.1) is 5.41 Å². The van der Waals surface area contributed by atoms with Gasteiger partial charge in [-0.3, -0.25) is 4.72 Å². The standard InChI is InChI=1S/C12H11NO2S2/c14-17(15,10-8-12-7-4-9-16-12)13-11-5-2-1-3-6-11/h1-10,13H/b10-8+. The van der Waals surface area contributed by atoms with Gasteiger partial charge in [-0.05, 0) is 29.7 Å². The van der Waals surface area contributed by atoms with Crippen molar-refractivity contribution in [1.29, 1.82) is 0 Å². The van der Waals surface area contributed by atoms with Crippen molar-refractivity contribution in [3.8, 4) is 0 Å². The Morgan fingerprint density at radius 3 is 2.47 bits per heavy atom. The van der Waals surface area contributed by atoms with Gasteiger partial charge >= 0.3 is 0 Å². The van der Waals surface area contributed by atoms with Crippen molar-refractivity contribution < 1.29 is 8.42 Å². The molecule has 0 atom stereocenters. The first kappa shape index (κ1) is 11.9. The zero-order chi connectivity index (χ0) is 12.1. The minimum Gasteiger partial charge on any atom is -0.280 e. The third-order valence-electron chi connectivity index (χ3n) is 1.99. The topological polar surface area (TPSA) is 46.2 Å². The Morgan fingerprint density at radius 2 is 1.82 bits per heavy atom. The van der Waals surface area contributed by atoms with Crippen LogP contribution in [-0.4, -0.2) is 8.42 Å². The number of nitrogens with one attached hydrogen (secondary N) is 1. The maximum absolute atomic E-state index is 11.7. The average molecular weight is 265 g/mol. The van der Waals surface area contributed by atoms with Gasteiger partial charge in [-0.1, -0.05) is 24.3 Å². The highest BCUT2D eigenvalue weighted by Gasteiger charge is 2.04. The van der Waals surface area contributed by atoms with Gasteiger partial charge in [0.2, 0.25) is 0 Å². The van der Waals surface area contributed by atoms with E-state index in [9.17, 15) is 8.42 Å². The third-order valence-corrected chi connectivity index (χ3v) is 3.84. The van der Waals surface area contributed by atoms with Gasteiger partial charge in [0, 0.05) is 10.6 Å². The van der Waals surface area contributed by atoms with Crippen LogP contribution >= 0.6 is 11.3 Å². The van der Waals surface area contributed by atoms with E-state index in [4.69, 9.17) is 0 Å². The summed E-state index contributed by atoms with van der Waals surface area (Å²) in [6.07, 6.45) is 1.58. The van der Waals surface area contributed by atoms with Crippen molar-refractivity contribution in [2.24, 2.45) is 0 Å². The Morgan fingerprint density at radius 1 is 1.06 bits per heavy atom. The number of para-hydroxylation sites is 1. The fourth-order valence-corrected chi connectivity index (χ4v) is 2.81. The molecule has 2 aromatic rings. The fourth-order valence-electron chi connectivity index (χ4n) is 1.25. The summed E-state index contributed by atoms with van der Waals surface area (Å²) in [4.78, 5) is 0.906. The molecule has 3 nitrogen and oxygen atoms in total. The van der Waals surface area contributed by atoms with Gasteiger partial charge < -0.3 is 0 Å². The second kappa shape index (κ2) is 5.16. The van der Waals surface area contributed by atoms with Crippen LogP contribution in [0.1, 0.15) is 4.88 Å². The van der Waals surface area contributed by atoms with Crippen LogP contribution in [0.15, 0.2) is 53.3 Å². The molecule has 88 valence electrons. The Kier molecular flexibility index (Phi) is 3.61. The smallest absolute Gasteiger partial charge is 0.255 e. The highest BCUT2D eigenvalue weighted by molar-refractivity contribution is 7.95. The van der Waals surface area contributed by atoms with E-state index in [2.05, 4.69) is 4.72 Å². The molecule has 1 aromatic heterocycles. The highest BCUT2D eigenvalue weighted by atomic mass is 32.2. The molecule has 5 heteroatoms. The number of anilines is 1. The molecule has 0 aliphatic heterocycles. The number of hydrogen-bond donors (Lipinski definition) is 1. The molecule has 0 radical (unpaired) electrons. The van der Waals surface area contributed by atoms with Crippen molar-refractivity contribution in [3.63, 3.8) is 0 Å². The van der Waals surface area contributed by atoms with E-state index in [1.165, 1.54) is 16.7 Å². The quantitative estimate of drug-likeness (QED) is 0.923. The minimum absolute atomic E-state index is 0.559. The first-order valence-corrected chi connectivity index (χ1v) is 7.38. The zero-order valence-corrected chi connectivity index (χ0v) is 10.5. The summed E-state index contributed by atoms with van der Waals surface area (Å²) in [7, 11) is -3.43. The molecule has 0 bridgehead atoms. The maximum atomic E-state index is 11.7. The summed E-state index contributed by atoms with van der Waals surface area (Å²) in [5.41, 5.74) is 0.559. The number of rotatable bonds is 4. The SMILES string of the molecule is O=S(=O)(/C=C/c1cccs1)Nc1ccccc1. The van der Waals surface area contributed by atoms with E-state index in [1.54, 1.807) is 30.3 Å². The van der Waals surface area contributed by atoms with Gasteiger partial charge in [-0.2, -0.15) is 0 Å². The molecule has 0 aliphatic carbocycles. The van der Waals surface area contributed by atoms with E-state index in [1.807, 2.05) is 23.6 Å². The zero-order valence-electron chi connectivity index (χ0n) is 8.91. The van der Waals surface area contributed by atoms with Crippen LogP contribution < -0.4 is 4.72 Å². The first-order valence-electron chi connectivity index (χ1n) is 4.95. The highest BCUT2D eigenvalue weighted by Crippen LogP contribution is 2.13. The second-order valence-corrected chi connectivity index (χ2v) is 5.88. The van der Waals surface area contributed by atoms with Crippen molar-refractivity contribution in [2.75, 3.05) is 4.72 Å². The molecule has 0 aliphatic rings. The van der Waals surface area contributed by atoms with Crippen molar-refractivity contribution in [2.45, 2.75) is 0 Å². The lowest BCUT2D eigenvalue weighted by Crippen LogP contribution is -2.08. The molecule has 1 heterocycles. The molecule has 0 unspecified atom stereocenters. The lowest BCUT2D eigenvalue weighted by Gasteiger charge is -2.02. The van der Waals surface area contributed by atoms with Crippen molar-refractivity contribution in [1.82, 2.24) is 0 Å². The van der Waals surface area contributed by atoms with Crippen molar-refractivity contribution in [3.05, 3.63) is 58.1 Å². The summed E-state index contributed by atoms with van der Waals surface area (Å²) in [6.45, 7) is 0. The van der Waals surface area contributed by atoms with Crippen LogP contribution in [0.2, 0.25) is 0 Å². The normalized spacial score (nSPS) is 11.8. The largest absolute Gasteiger partial charge is 0.280 e. The molecule has 0 fully saturated rings. The van der Waals surface area contributed by atoms with E-state index < -0.39 is 10.0 Å². The molecule has 17 heavy (non-hydrogen) atoms. The molecule has 0 spiro atoms. The summed E-state index contributed by atoms with van der Waals surface area (Å²) < 4.78 is 25.9. The number of thiophene rings is 1. The van der Waals surface area contributed by atoms with E-state index >= 15 is 0 Å². The molecule has 0 amide bonds. The van der Waals surface area contributed by atoms with Crippen LogP contribution in [-0.2, 0) is 10.0 Å². The molecule has 0 saturated carbocycles. The van der Waals surface area contributed by atoms with Crippen molar-refractivity contribution >= 4 is 33.1 Å². The number of sulfonamides is 1. The Labute approximate surface area is 104 Å².